The maximum atomic E-state index is 12.7. The molecule has 1 aliphatic heterocycles. The first-order chi connectivity index (χ1) is 9.18. The van der Waals surface area contributed by atoms with Gasteiger partial charge in [-0.25, -0.2) is 8.42 Å². The predicted molar refractivity (Wildman–Crippen MR) is 80.3 cm³/mol. The minimum absolute atomic E-state index is 0.168. The number of rotatable bonds is 3. The maximum absolute atomic E-state index is 12.7. The second-order valence-corrected chi connectivity index (χ2v) is 9.36. The van der Waals surface area contributed by atoms with E-state index >= 15 is 0 Å². The van der Waals surface area contributed by atoms with Crippen LogP contribution in [0.5, 0.6) is 0 Å². The van der Waals surface area contributed by atoms with Gasteiger partial charge < -0.3 is 5.11 Å². The number of halogens is 1. The van der Waals surface area contributed by atoms with Crippen LogP contribution in [0.4, 0.5) is 0 Å². The standard InChI is InChI=1S/C12H16BrNO4S2/c1-12(2)5-3-6-14(9(12)10(15)16)20(17,18)11-8(13)4-7-19-11/h4,7,9H,3,5-6H2,1-2H3,(H,15,16). The highest BCUT2D eigenvalue weighted by Gasteiger charge is 2.48. The number of aliphatic carboxylic acids is 1. The first-order valence-corrected chi connectivity index (χ1v) is 9.27. The van der Waals surface area contributed by atoms with Gasteiger partial charge in [0.1, 0.15) is 10.3 Å². The molecular weight excluding hydrogens is 366 g/mol. The van der Waals surface area contributed by atoms with E-state index in [1.807, 2.05) is 0 Å². The Hall–Kier alpha value is -0.440. The molecule has 0 saturated carbocycles. The molecule has 1 fully saturated rings. The molecule has 0 amide bonds. The van der Waals surface area contributed by atoms with E-state index in [-0.39, 0.29) is 10.8 Å². The molecule has 0 spiro atoms. The van der Waals surface area contributed by atoms with E-state index in [9.17, 15) is 18.3 Å². The van der Waals surface area contributed by atoms with Crippen LogP contribution in [0.3, 0.4) is 0 Å². The van der Waals surface area contributed by atoms with Crippen molar-refractivity contribution in [2.45, 2.75) is 36.9 Å². The Morgan fingerprint density at radius 3 is 2.70 bits per heavy atom. The number of carboxylic acids is 1. The van der Waals surface area contributed by atoms with Crippen molar-refractivity contribution in [1.82, 2.24) is 4.31 Å². The van der Waals surface area contributed by atoms with Crippen molar-refractivity contribution >= 4 is 43.3 Å². The molecule has 1 N–H and O–H groups in total. The van der Waals surface area contributed by atoms with Gasteiger partial charge in [0.05, 0.1) is 0 Å². The zero-order chi connectivity index (χ0) is 15.1. The van der Waals surface area contributed by atoms with E-state index in [0.29, 0.717) is 17.3 Å². The van der Waals surface area contributed by atoms with E-state index < -0.39 is 27.4 Å². The van der Waals surface area contributed by atoms with Gasteiger partial charge in [-0.05, 0) is 45.6 Å². The normalized spacial score (nSPS) is 23.6. The van der Waals surface area contributed by atoms with Gasteiger partial charge in [-0.15, -0.1) is 11.3 Å². The average molecular weight is 382 g/mol. The monoisotopic (exact) mass is 381 g/mol. The highest BCUT2D eigenvalue weighted by Crippen LogP contribution is 2.40. The molecule has 112 valence electrons. The molecule has 0 bridgehead atoms. The van der Waals surface area contributed by atoms with Crippen molar-refractivity contribution in [3.05, 3.63) is 15.9 Å². The van der Waals surface area contributed by atoms with Gasteiger partial charge in [0, 0.05) is 11.0 Å². The molecule has 1 aliphatic rings. The highest BCUT2D eigenvalue weighted by atomic mass is 79.9. The van der Waals surface area contributed by atoms with Gasteiger partial charge in [0.15, 0.2) is 0 Å². The van der Waals surface area contributed by atoms with Gasteiger partial charge in [-0.2, -0.15) is 4.31 Å². The molecule has 1 atom stereocenters. The zero-order valence-electron chi connectivity index (χ0n) is 11.2. The summed E-state index contributed by atoms with van der Waals surface area (Å²) < 4.78 is 27.2. The third kappa shape index (κ3) is 2.66. The fraction of sp³-hybridized carbons (Fsp3) is 0.583. The topological polar surface area (TPSA) is 74.7 Å². The van der Waals surface area contributed by atoms with E-state index in [0.717, 1.165) is 15.6 Å². The summed E-state index contributed by atoms with van der Waals surface area (Å²) in [6.45, 7) is 3.85. The number of thiophene rings is 1. The van der Waals surface area contributed by atoms with E-state index in [1.165, 1.54) is 0 Å². The summed E-state index contributed by atoms with van der Waals surface area (Å²) in [5.41, 5.74) is -0.582. The zero-order valence-corrected chi connectivity index (χ0v) is 14.4. The van der Waals surface area contributed by atoms with Gasteiger partial charge in [-0.3, -0.25) is 4.79 Å². The molecule has 2 heterocycles. The smallest absolute Gasteiger partial charge is 0.322 e. The Morgan fingerprint density at radius 2 is 2.20 bits per heavy atom. The van der Waals surface area contributed by atoms with Gasteiger partial charge in [0.2, 0.25) is 0 Å². The van der Waals surface area contributed by atoms with Crippen molar-refractivity contribution in [2.75, 3.05) is 6.54 Å². The van der Waals surface area contributed by atoms with Crippen LogP contribution in [0, 0.1) is 5.41 Å². The summed E-state index contributed by atoms with van der Waals surface area (Å²) >= 11 is 4.31. The van der Waals surface area contributed by atoms with E-state index in [4.69, 9.17) is 0 Å². The summed E-state index contributed by atoms with van der Waals surface area (Å²) in [5, 5.41) is 11.1. The summed E-state index contributed by atoms with van der Waals surface area (Å²) in [6, 6.07) is 0.623. The fourth-order valence-corrected chi connectivity index (χ4v) is 6.83. The summed E-state index contributed by atoms with van der Waals surface area (Å²) in [6.07, 6.45) is 1.36. The van der Waals surface area contributed by atoms with Crippen LogP contribution >= 0.6 is 27.3 Å². The Morgan fingerprint density at radius 1 is 1.55 bits per heavy atom. The molecule has 0 radical (unpaired) electrons. The van der Waals surface area contributed by atoms with Crippen molar-refractivity contribution in [3.63, 3.8) is 0 Å². The Kier molecular flexibility index (Phi) is 4.30. The van der Waals surface area contributed by atoms with Crippen molar-refractivity contribution in [2.24, 2.45) is 5.41 Å². The van der Waals surface area contributed by atoms with Gasteiger partial charge in [-0.1, -0.05) is 13.8 Å². The van der Waals surface area contributed by atoms with Crippen LogP contribution in [-0.2, 0) is 14.8 Å². The van der Waals surface area contributed by atoms with Crippen LogP contribution < -0.4 is 0 Å². The second kappa shape index (κ2) is 5.40. The molecule has 8 heteroatoms. The SMILES string of the molecule is CC1(C)CCCN(S(=O)(=O)c2sccc2Br)C1C(=O)O. The van der Waals surface area contributed by atoms with Crippen molar-refractivity contribution in [1.29, 1.82) is 0 Å². The molecule has 1 aromatic rings. The largest absolute Gasteiger partial charge is 0.480 e. The summed E-state index contributed by atoms with van der Waals surface area (Å²) in [7, 11) is -3.79. The third-order valence-electron chi connectivity index (χ3n) is 3.59. The average Bonchev–Trinajstić information content (AvgIpc) is 2.73. The fourth-order valence-electron chi connectivity index (χ4n) is 2.63. The number of carbonyl (C=O) groups is 1. The van der Waals surface area contributed by atoms with Gasteiger partial charge >= 0.3 is 5.97 Å². The highest BCUT2D eigenvalue weighted by molar-refractivity contribution is 9.10. The minimum Gasteiger partial charge on any atom is -0.480 e. The van der Waals surface area contributed by atoms with Gasteiger partial charge in [0.25, 0.3) is 10.0 Å². The maximum Gasteiger partial charge on any atom is 0.322 e. The Bertz CT molecular complexity index is 623. The lowest BCUT2D eigenvalue weighted by molar-refractivity contribution is -0.147. The molecular formula is C12H16BrNO4S2. The molecule has 2 rings (SSSR count). The second-order valence-electron chi connectivity index (χ2n) is 5.50. The molecule has 1 saturated heterocycles. The first kappa shape index (κ1) is 15.9. The van der Waals surface area contributed by atoms with Crippen LogP contribution in [0.25, 0.3) is 0 Å². The van der Waals surface area contributed by atoms with Crippen LogP contribution in [0.15, 0.2) is 20.1 Å². The van der Waals surface area contributed by atoms with Crippen LogP contribution in [0.1, 0.15) is 26.7 Å². The molecule has 0 aromatic carbocycles. The number of piperidine rings is 1. The Balaban J connectivity index is 2.49. The van der Waals surface area contributed by atoms with Crippen molar-refractivity contribution < 1.29 is 18.3 Å². The van der Waals surface area contributed by atoms with E-state index in [2.05, 4.69) is 15.9 Å². The molecule has 20 heavy (non-hydrogen) atoms. The van der Waals surface area contributed by atoms with Crippen LogP contribution in [0.2, 0.25) is 0 Å². The lowest BCUT2D eigenvalue weighted by Gasteiger charge is -2.42. The number of carboxylic acid groups (broad SMARTS) is 1. The lowest BCUT2D eigenvalue weighted by Crippen LogP contribution is -2.56. The molecule has 0 aliphatic carbocycles. The molecule has 1 aromatic heterocycles. The first-order valence-electron chi connectivity index (χ1n) is 6.15. The van der Waals surface area contributed by atoms with Crippen molar-refractivity contribution in [3.8, 4) is 0 Å². The van der Waals surface area contributed by atoms with E-state index in [1.54, 1.807) is 25.3 Å². The summed E-state index contributed by atoms with van der Waals surface area (Å²) in [4.78, 5) is 11.6. The molecule has 5 nitrogen and oxygen atoms in total. The third-order valence-corrected chi connectivity index (χ3v) is 8.10. The minimum atomic E-state index is -3.79. The quantitative estimate of drug-likeness (QED) is 0.873. The number of hydrogen-bond acceptors (Lipinski definition) is 4. The predicted octanol–water partition coefficient (Wildman–Crippen LogP) is 2.77. The number of sulfonamides is 1. The number of nitrogens with zero attached hydrogens (tertiary/aromatic N) is 1. The summed E-state index contributed by atoms with van der Waals surface area (Å²) in [5.74, 6) is -1.09. The Labute approximate surface area is 130 Å². The lowest BCUT2D eigenvalue weighted by atomic mass is 9.77. The van der Waals surface area contributed by atoms with Crippen LogP contribution in [-0.4, -0.2) is 36.4 Å². The number of hydrogen-bond donors (Lipinski definition) is 1. The molecule has 1 unspecified atom stereocenters.